The Labute approximate surface area is 847 Å². The number of ether oxygens (including phenoxy) is 6. The van der Waals surface area contributed by atoms with Crippen LogP contribution < -0.4 is 84.7 Å². The van der Waals surface area contributed by atoms with Gasteiger partial charge in [-0.05, 0) is 223 Å². The molecule has 13 aromatic rings. The number of allylic oxidation sites excluding steroid dienone is 1. The van der Waals surface area contributed by atoms with Crippen LogP contribution in [0.25, 0.3) is 86.7 Å². The number of aromatic amines is 1. The van der Waals surface area contributed by atoms with Crippen LogP contribution in [0.1, 0.15) is 153 Å². The molecule has 716 valence electrons. The van der Waals surface area contributed by atoms with Gasteiger partial charge >= 0.3 is 48.7 Å². The quantitative estimate of drug-likeness (QED) is 0.00936. The van der Waals surface area contributed by atoms with Gasteiger partial charge in [-0.25, -0.2) is 29.3 Å². The Balaban J connectivity index is 0.000000210. The first kappa shape index (κ1) is 108. The number of carbonyl (C=O) groups is 7. The molecule has 0 saturated carbocycles. The van der Waals surface area contributed by atoms with Crippen molar-refractivity contribution in [3.63, 3.8) is 0 Å². The topological polar surface area (TPSA) is 362 Å². The molecule has 16 rings (SSSR count). The number of aldehydes is 3. The van der Waals surface area contributed by atoms with Crippen LogP contribution in [0, 0.1) is 72.6 Å². The van der Waals surface area contributed by atoms with E-state index in [1.165, 1.54) is 14.1 Å². The van der Waals surface area contributed by atoms with E-state index in [1.807, 2.05) is 160 Å². The normalized spacial score (nSPS) is 12.9. The van der Waals surface area contributed by atoms with Crippen molar-refractivity contribution in [3.05, 3.63) is 226 Å². The van der Waals surface area contributed by atoms with E-state index in [4.69, 9.17) is 74.3 Å². The van der Waals surface area contributed by atoms with Crippen molar-refractivity contribution < 1.29 is 102 Å². The molecule has 10 heterocycles. The third-order valence-corrected chi connectivity index (χ3v) is 25.4. The number of carbonyl (C=O) groups excluding carboxylic acids is 7. The van der Waals surface area contributed by atoms with Crippen molar-refractivity contribution in [2.24, 2.45) is 21.1 Å². The van der Waals surface area contributed by atoms with Crippen LogP contribution in [0.3, 0.4) is 0 Å². The predicted octanol–water partition coefficient (Wildman–Crippen LogP) is 16.4. The maximum Gasteiger partial charge on any atom is 1.00 e. The van der Waals surface area contributed by atoms with Crippen molar-refractivity contribution >= 4 is 160 Å². The van der Waals surface area contributed by atoms with E-state index in [0.717, 1.165) is 166 Å². The number of nitrogens with zero attached hydrogens (tertiary/aromatic N) is 13. The van der Waals surface area contributed by atoms with Crippen molar-refractivity contribution in [2.45, 2.75) is 132 Å². The second kappa shape index (κ2) is 49.2. The van der Waals surface area contributed by atoms with Crippen molar-refractivity contribution in [1.29, 1.82) is 5.26 Å². The fraction of sp³-hybridized carbons (Fsp3) is 0.340. The van der Waals surface area contributed by atoms with Crippen molar-refractivity contribution in [1.82, 2.24) is 58.7 Å². The first-order valence-corrected chi connectivity index (χ1v) is 45.8. The molecule has 0 aliphatic carbocycles. The number of hydrogen-bond donors (Lipinski definition) is 5. The zero-order valence-electron chi connectivity index (χ0n) is 82.0. The van der Waals surface area contributed by atoms with Crippen LogP contribution in [0.5, 0.6) is 34.5 Å². The minimum atomic E-state index is -0.381. The summed E-state index contributed by atoms with van der Waals surface area (Å²) in [5.41, 5.74) is 18.4. The molecule has 0 radical (unpaired) electrons. The maximum atomic E-state index is 13.6. The molecule has 3 aliphatic heterocycles. The summed E-state index contributed by atoms with van der Waals surface area (Å²) < 4.78 is 57.8. The van der Waals surface area contributed by atoms with E-state index in [-0.39, 0.29) is 85.3 Å². The minimum absolute atomic E-state index is 0. The van der Waals surface area contributed by atoms with E-state index in [0.29, 0.717) is 125 Å². The molecule has 0 unspecified atom stereocenters. The van der Waals surface area contributed by atoms with Crippen LogP contribution in [0.4, 0.5) is 21.0 Å². The molecule has 138 heavy (non-hydrogen) atoms. The van der Waals surface area contributed by atoms with E-state index in [2.05, 4.69) is 125 Å². The predicted molar refractivity (Wildman–Crippen MR) is 540 cm³/mol. The van der Waals surface area contributed by atoms with Gasteiger partial charge in [0.05, 0.1) is 106 Å². The largest absolute Gasteiger partial charge is 1.00 e. The number of alkyl halides is 1. The summed E-state index contributed by atoms with van der Waals surface area (Å²) in [4.78, 5) is 95.2. The molecular weight excluding hydrogens is 1920 g/mol. The molecule has 3 aliphatic rings. The average molecular weight is 2030 g/mol. The summed E-state index contributed by atoms with van der Waals surface area (Å²) in [7, 11) is 14.9. The molecule has 1 saturated heterocycles. The van der Waals surface area contributed by atoms with Crippen molar-refractivity contribution in [3.8, 4) is 63.1 Å². The molecule has 7 aromatic heterocycles. The number of fused-ring (bicyclic) bond motifs is 6. The smallest absolute Gasteiger partial charge is 1.00 e. The average Bonchev–Trinajstić information content (AvgIpc) is 1.60. The van der Waals surface area contributed by atoms with Gasteiger partial charge in [0.2, 0.25) is 31.2 Å². The number of amides is 4. The van der Waals surface area contributed by atoms with Gasteiger partial charge in [-0.1, -0.05) is 0 Å². The van der Waals surface area contributed by atoms with Gasteiger partial charge in [0.15, 0.2) is 31.2 Å². The monoisotopic (exact) mass is 2030 g/mol. The SMILES string of the molecule is CNC(=O)Nc1ccc2c(c1)C(=O)CO2.COc1ccc2[nH]c(Br)c(C=O)c2c1.Cc1nn(C)c(C)c1B1OC(C)(C)C(C)(C)O1.N#CCCCCl.[C-]#[N+]CCCn1c(-c2c(C)nn(C)c2C)c(/C=C2\Oc3ccc(NC(=O)NC)cc3C2=O)c2cc(OC)ccc21.[C-]#[N+]CCCn1c(-c2c(C)nn(C)c2C)c(C=O)c2cc(OC)ccc21.[C-]#[N+]CCCn1c(Br)c(C=O)c2cc(OC)ccc21.[H-].[Na+]. The van der Waals surface area contributed by atoms with E-state index >= 15 is 0 Å². The number of urea groups is 2. The summed E-state index contributed by atoms with van der Waals surface area (Å²) in [6.07, 6.45) is 7.92. The first-order valence-electron chi connectivity index (χ1n) is 43.7. The fourth-order valence-corrected chi connectivity index (χ4v) is 17.1. The van der Waals surface area contributed by atoms with Crippen LogP contribution in [-0.4, -0.2) is 183 Å². The van der Waals surface area contributed by atoms with Gasteiger partial charge < -0.3 is 93.6 Å². The van der Waals surface area contributed by atoms with Gasteiger partial charge in [-0.15, -0.1) is 11.6 Å². The van der Waals surface area contributed by atoms with Crippen LogP contribution >= 0.6 is 43.5 Å². The number of halogens is 3. The standard InChI is InChI=1S/C30H30N6O4.C20H22N4O2.C14H13BrN2O2.C12H21BN2O2.C10H8BrNO2.C10H10N2O3.C4H6ClN.Na.H/c1-17-27(18(2)35(5)34-17)28-22(21-15-20(39-6)9-10-24(21)36(28)13-7-12-31-3)16-26-29(37)23-14-19(33-30(38)32-4)8-11-25(23)40-26;1-13-19(14(2)23(4)22-13)20-17(12-25)16-11-15(26-5)7-8-18(16)24(20)10-6-9-21-3;1-16-6-3-7-17-13-5-4-10(19-2)8-11(13)12(9-18)14(17)15;1-8-10(9(2)15(7)14-8)13-16-11(3,4)12(5,6)17-13;1-14-6-2-3-9-7(4-6)8(5-13)10(11)12-9;1-11-10(14)12-6-2-3-9-7(4-6)8(13)5-15-9;5-3-1-2-4-6;;/h8-11,14-16H,7,12-13H2,1-2,4-6H3,(H2,32,33,38);7-8,11-12H,6,9-10H2,1-2,4-5H3;4-5,8-9H,3,6-7H2,2H3;1-7H3;2-5,12H,1H3;2-4H,5H2,1H3,(H2,11,12,14);1-3H2;;/q;;;;;;;+1;-1/b26-16-;;;;;;;;. The zero-order chi connectivity index (χ0) is 100. The third-order valence-electron chi connectivity index (χ3n) is 23.7. The van der Waals surface area contributed by atoms with Crippen LogP contribution in [0.15, 0.2) is 124 Å². The number of Topliss-reactive ketones (excluding diaryl/α,β-unsaturated/α-hetero) is 2. The number of aryl methyl sites for hydroxylation is 9. The Morgan fingerprint density at radius 3 is 1.41 bits per heavy atom. The van der Waals surface area contributed by atoms with Crippen LogP contribution in [0.2, 0.25) is 0 Å². The number of anilines is 2. The number of unbranched alkanes of at least 4 members (excludes halogenated alkanes) is 1. The summed E-state index contributed by atoms with van der Waals surface area (Å²) in [6.45, 7) is 44.8. The minimum Gasteiger partial charge on any atom is -1.00 e. The van der Waals surface area contributed by atoms with Gasteiger partial charge in [-0.3, -0.25) is 38.0 Å². The molecule has 6 aromatic carbocycles. The molecular formula is C100H111BBr2ClN18NaO15. The van der Waals surface area contributed by atoms with Gasteiger partial charge in [0.1, 0.15) is 34.5 Å². The number of aromatic nitrogens is 10. The van der Waals surface area contributed by atoms with E-state index in [9.17, 15) is 33.6 Å². The Bertz CT molecular complexity index is 6920. The first-order chi connectivity index (χ1) is 65.5. The molecule has 0 spiro atoms. The second-order valence-corrected chi connectivity index (χ2v) is 34.6. The molecule has 1 fully saturated rings. The number of H-pyrrole nitrogens is 1. The Kier molecular flexibility index (Phi) is 38.6. The molecule has 33 nitrogen and oxygen atoms in total. The Morgan fingerprint density at radius 2 is 0.993 bits per heavy atom. The number of ketones is 2. The molecule has 0 atom stereocenters. The van der Waals surface area contributed by atoms with Crippen LogP contribution in [-0.2, 0) is 50.1 Å². The zero-order valence-corrected chi connectivity index (χ0v) is 87.0. The fourth-order valence-electron chi connectivity index (χ4n) is 15.8. The number of nitriles is 1. The second-order valence-electron chi connectivity index (χ2n) is 32.7. The maximum absolute atomic E-state index is 13.6. The summed E-state index contributed by atoms with van der Waals surface area (Å²) in [6, 6.07) is 34.1. The summed E-state index contributed by atoms with van der Waals surface area (Å²) in [5, 5.41) is 35.2. The van der Waals surface area contributed by atoms with Gasteiger partial charge in [-0.2, -0.15) is 20.6 Å². The van der Waals surface area contributed by atoms with Gasteiger partial charge in [0, 0.05) is 186 Å². The van der Waals surface area contributed by atoms with Crippen molar-refractivity contribution in [2.75, 3.05) is 85.3 Å². The molecule has 5 N–H and O–H groups in total. The number of methoxy groups -OCH3 is 4. The summed E-state index contributed by atoms with van der Waals surface area (Å²) in [5.74, 6) is 4.30. The Hall–Kier alpha value is -13.3. The third kappa shape index (κ3) is 24.5. The number of rotatable bonds is 24. The Morgan fingerprint density at radius 1 is 0.572 bits per heavy atom. The van der Waals surface area contributed by atoms with E-state index < -0.39 is 0 Å². The van der Waals surface area contributed by atoms with E-state index in [1.54, 1.807) is 70.9 Å². The molecule has 38 heteroatoms. The molecule has 4 amide bonds. The molecule has 0 bridgehead atoms. The number of nitrogens with one attached hydrogen (secondary N) is 5. The number of hydrogen-bond acceptors (Lipinski definition) is 19. The van der Waals surface area contributed by atoms with Gasteiger partial charge in [0.25, 0.3) is 0 Å². The number of benzene rings is 6. The summed E-state index contributed by atoms with van der Waals surface area (Å²) >= 11 is 12.0.